The molecule has 0 amide bonds. The van der Waals surface area contributed by atoms with Gasteiger partial charge in [0, 0.05) is 6.42 Å². The van der Waals surface area contributed by atoms with E-state index >= 15 is 0 Å². The molecular formula is C14H24O6. The molecule has 0 bridgehead atoms. The van der Waals surface area contributed by atoms with Gasteiger partial charge in [0.2, 0.25) is 0 Å². The maximum atomic E-state index is 11.3. The summed E-state index contributed by atoms with van der Waals surface area (Å²) in [7, 11) is 0. The molecule has 116 valence electrons. The van der Waals surface area contributed by atoms with Crippen LogP contribution >= 0.6 is 0 Å². The predicted octanol–water partition coefficient (Wildman–Crippen LogP) is 2.30. The summed E-state index contributed by atoms with van der Waals surface area (Å²) in [6.07, 6.45) is 7.79. The molecule has 0 unspecified atom stereocenters. The molecule has 0 atom stereocenters. The molecule has 0 aliphatic rings. The molecule has 0 heterocycles. The van der Waals surface area contributed by atoms with E-state index in [1.54, 1.807) is 0 Å². The van der Waals surface area contributed by atoms with E-state index in [1.165, 1.54) is 25.7 Å². The van der Waals surface area contributed by atoms with Crippen LogP contribution < -0.4 is 0 Å². The lowest BCUT2D eigenvalue weighted by atomic mass is 10.1. The molecule has 0 aromatic heterocycles. The molecule has 0 saturated carbocycles. The maximum absolute atomic E-state index is 11.3. The van der Waals surface area contributed by atoms with Crippen LogP contribution in [0, 0.1) is 0 Å². The van der Waals surface area contributed by atoms with Gasteiger partial charge in [-0.1, -0.05) is 45.4 Å². The van der Waals surface area contributed by atoms with Crippen LogP contribution in [0.5, 0.6) is 0 Å². The molecule has 0 saturated heterocycles. The van der Waals surface area contributed by atoms with Gasteiger partial charge in [-0.25, -0.2) is 9.59 Å². The van der Waals surface area contributed by atoms with Crippen molar-refractivity contribution in [3.63, 3.8) is 0 Å². The molecule has 0 aromatic rings. The van der Waals surface area contributed by atoms with Gasteiger partial charge in [0.25, 0.3) is 0 Å². The standard InChI is InChI=1S/C14H24O6/c1-2-3-4-5-6-7-8-9-13(17)20-14(18)11-19-10-12(15)16/h2-11H2,1H3,(H,15,16). The number of carbonyl (C=O) groups is 3. The molecule has 6 nitrogen and oxygen atoms in total. The molecule has 0 spiro atoms. The van der Waals surface area contributed by atoms with Crippen molar-refractivity contribution >= 4 is 17.9 Å². The maximum Gasteiger partial charge on any atom is 0.339 e. The van der Waals surface area contributed by atoms with E-state index in [-0.39, 0.29) is 6.42 Å². The number of carboxylic acid groups (broad SMARTS) is 1. The lowest BCUT2D eigenvalue weighted by Gasteiger charge is -2.03. The fraction of sp³-hybridized carbons (Fsp3) is 0.786. The molecule has 6 heteroatoms. The number of unbranched alkanes of at least 4 members (excludes halogenated alkanes) is 6. The first kappa shape index (κ1) is 18.6. The van der Waals surface area contributed by atoms with Crippen LogP contribution in [-0.2, 0) is 23.9 Å². The van der Waals surface area contributed by atoms with E-state index < -0.39 is 31.1 Å². The highest BCUT2D eigenvalue weighted by atomic mass is 16.6. The number of rotatable bonds is 12. The van der Waals surface area contributed by atoms with Gasteiger partial charge < -0.3 is 14.6 Å². The fourth-order valence-corrected chi connectivity index (χ4v) is 1.66. The van der Waals surface area contributed by atoms with Crippen molar-refractivity contribution in [2.75, 3.05) is 13.2 Å². The molecule has 0 rings (SSSR count). The first-order valence-corrected chi connectivity index (χ1v) is 7.09. The lowest BCUT2D eigenvalue weighted by molar-refractivity contribution is -0.163. The number of hydrogen-bond donors (Lipinski definition) is 1. The zero-order valence-corrected chi connectivity index (χ0v) is 12.1. The van der Waals surface area contributed by atoms with Crippen molar-refractivity contribution in [1.29, 1.82) is 0 Å². The minimum absolute atomic E-state index is 0.207. The summed E-state index contributed by atoms with van der Waals surface area (Å²) >= 11 is 0. The Bertz CT molecular complexity index is 300. The predicted molar refractivity (Wildman–Crippen MR) is 72.2 cm³/mol. The molecule has 0 aliphatic heterocycles. The van der Waals surface area contributed by atoms with Gasteiger partial charge in [-0.2, -0.15) is 0 Å². The Labute approximate surface area is 119 Å². The average molecular weight is 288 g/mol. The van der Waals surface area contributed by atoms with Gasteiger partial charge in [0.15, 0.2) is 0 Å². The van der Waals surface area contributed by atoms with Crippen molar-refractivity contribution in [2.24, 2.45) is 0 Å². The van der Waals surface area contributed by atoms with Crippen LogP contribution in [0.15, 0.2) is 0 Å². The van der Waals surface area contributed by atoms with Crippen LogP contribution in [0.2, 0.25) is 0 Å². The summed E-state index contributed by atoms with van der Waals surface area (Å²) in [6, 6.07) is 0. The summed E-state index contributed by atoms with van der Waals surface area (Å²) in [5, 5.41) is 8.28. The van der Waals surface area contributed by atoms with Crippen LogP contribution in [0.3, 0.4) is 0 Å². The zero-order valence-electron chi connectivity index (χ0n) is 12.1. The van der Waals surface area contributed by atoms with E-state index in [0.717, 1.165) is 12.8 Å². The number of carbonyl (C=O) groups excluding carboxylic acids is 2. The first-order chi connectivity index (χ1) is 9.56. The van der Waals surface area contributed by atoms with Gasteiger partial charge in [-0.15, -0.1) is 0 Å². The van der Waals surface area contributed by atoms with E-state index in [9.17, 15) is 14.4 Å². The van der Waals surface area contributed by atoms with Crippen molar-refractivity contribution in [3.8, 4) is 0 Å². The average Bonchev–Trinajstić information content (AvgIpc) is 2.37. The Morgan fingerprint density at radius 2 is 1.45 bits per heavy atom. The minimum atomic E-state index is -1.17. The second-order valence-electron chi connectivity index (χ2n) is 4.60. The van der Waals surface area contributed by atoms with Crippen molar-refractivity contribution in [2.45, 2.75) is 58.3 Å². The van der Waals surface area contributed by atoms with Gasteiger partial charge >= 0.3 is 17.9 Å². The summed E-state index contributed by atoms with van der Waals surface area (Å²) in [4.78, 5) is 32.5. The molecule has 0 aromatic carbocycles. The Kier molecular flexibility index (Phi) is 11.7. The summed E-state index contributed by atoms with van der Waals surface area (Å²) in [6.45, 7) is 1.06. The third kappa shape index (κ3) is 13.0. The Morgan fingerprint density at radius 1 is 0.850 bits per heavy atom. The molecular weight excluding hydrogens is 264 g/mol. The topological polar surface area (TPSA) is 89.9 Å². The minimum Gasteiger partial charge on any atom is -0.480 e. The van der Waals surface area contributed by atoms with Crippen LogP contribution in [-0.4, -0.2) is 36.2 Å². The van der Waals surface area contributed by atoms with E-state index in [0.29, 0.717) is 6.42 Å². The number of ether oxygens (including phenoxy) is 2. The second-order valence-corrected chi connectivity index (χ2v) is 4.60. The van der Waals surface area contributed by atoms with Gasteiger partial charge in [-0.05, 0) is 6.42 Å². The fourth-order valence-electron chi connectivity index (χ4n) is 1.66. The van der Waals surface area contributed by atoms with Crippen LogP contribution in [0.1, 0.15) is 58.3 Å². The summed E-state index contributed by atoms with van der Waals surface area (Å²) < 4.78 is 8.99. The quantitative estimate of drug-likeness (QED) is 0.336. The zero-order chi connectivity index (χ0) is 15.2. The molecule has 0 radical (unpaired) electrons. The van der Waals surface area contributed by atoms with Crippen molar-refractivity contribution in [3.05, 3.63) is 0 Å². The first-order valence-electron chi connectivity index (χ1n) is 7.09. The Morgan fingerprint density at radius 3 is 2.05 bits per heavy atom. The van der Waals surface area contributed by atoms with Gasteiger partial charge in [-0.3, -0.25) is 4.79 Å². The summed E-state index contributed by atoms with van der Waals surface area (Å²) in [5.41, 5.74) is 0. The number of esters is 2. The van der Waals surface area contributed by atoms with E-state index in [2.05, 4.69) is 16.4 Å². The van der Waals surface area contributed by atoms with Gasteiger partial charge in [0.1, 0.15) is 13.2 Å². The third-order valence-electron chi connectivity index (χ3n) is 2.66. The Hall–Kier alpha value is -1.43. The van der Waals surface area contributed by atoms with Crippen LogP contribution in [0.4, 0.5) is 0 Å². The van der Waals surface area contributed by atoms with E-state index in [4.69, 9.17) is 5.11 Å². The third-order valence-corrected chi connectivity index (χ3v) is 2.66. The molecule has 20 heavy (non-hydrogen) atoms. The number of hydrogen-bond acceptors (Lipinski definition) is 5. The highest BCUT2D eigenvalue weighted by Crippen LogP contribution is 2.08. The van der Waals surface area contributed by atoms with E-state index in [1.807, 2.05) is 0 Å². The smallest absolute Gasteiger partial charge is 0.339 e. The monoisotopic (exact) mass is 288 g/mol. The highest BCUT2D eigenvalue weighted by Gasteiger charge is 2.11. The molecule has 0 fully saturated rings. The van der Waals surface area contributed by atoms with Crippen molar-refractivity contribution < 1.29 is 29.0 Å². The molecule has 0 aliphatic carbocycles. The normalized spacial score (nSPS) is 10.2. The lowest BCUT2D eigenvalue weighted by Crippen LogP contribution is -2.19. The molecule has 1 N–H and O–H groups in total. The number of carboxylic acids is 1. The second kappa shape index (κ2) is 12.6. The SMILES string of the molecule is CCCCCCCCCC(=O)OC(=O)COCC(=O)O. The Balaban J connectivity index is 3.43. The van der Waals surface area contributed by atoms with Gasteiger partial charge in [0.05, 0.1) is 0 Å². The van der Waals surface area contributed by atoms with Crippen molar-refractivity contribution in [1.82, 2.24) is 0 Å². The highest BCUT2D eigenvalue weighted by molar-refractivity contribution is 5.86. The number of aliphatic carboxylic acids is 1. The largest absolute Gasteiger partial charge is 0.480 e. The summed E-state index contributed by atoms with van der Waals surface area (Å²) in [5.74, 6) is -2.60. The van der Waals surface area contributed by atoms with Crippen LogP contribution in [0.25, 0.3) is 0 Å².